The summed E-state index contributed by atoms with van der Waals surface area (Å²) < 4.78 is 0. The van der Waals surface area contributed by atoms with Gasteiger partial charge in [0, 0.05) is 23.7 Å². The fraction of sp³-hybridized carbons (Fsp3) is 0.583. The highest BCUT2D eigenvalue weighted by molar-refractivity contribution is 7.99. The molecule has 0 saturated heterocycles. The molecule has 0 bridgehead atoms. The van der Waals surface area contributed by atoms with Crippen molar-refractivity contribution in [2.24, 2.45) is 5.92 Å². The van der Waals surface area contributed by atoms with Crippen molar-refractivity contribution >= 4 is 23.1 Å². The molecule has 0 atom stereocenters. The molecule has 16 heavy (non-hydrogen) atoms. The van der Waals surface area contributed by atoms with E-state index in [0.29, 0.717) is 0 Å². The Morgan fingerprint density at radius 1 is 1.50 bits per heavy atom. The van der Waals surface area contributed by atoms with Gasteiger partial charge in [-0.2, -0.15) is 17.0 Å². The number of rotatable bonds is 7. The molecular formula is C12H16N2S2. The lowest BCUT2D eigenvalue weighted by atomic mass is 10.4. The lowest BCUT2D eigenvalue weighted by molar-refractivity contribution is 0.740. The Morgan fingerprint density at radius 3 is 3.06 bits per heavy atom. The zero-order chi connectivity index (χ0) is 11.2. The summed E-state index contributed by atoms with van der Waals surface area (Å²) >= 11 is 3.64. The van der Waals surface area contributed by atoms with Gasteiger partial charge >= 0.3 is 0 Å². The fourth-order valence-corrected chi connectivity index (χ4v) is 3.32. The van der Waals surface area contributed by atoms with E-state index in [4.69, 9.17) is 5.26 Å². The summed E-state index contributed by atoms with van der Waals surface area (Å²) in [6.07, 6.45) is 2.90. The molecule has 1 fully saturated rings. The van der Waals surface area contributed by atoms with Crippen LogP contribution in [0.5, 0.6) is 0 Å². The van der Waals surface area contributed by atoms with Crippen LogP contribution in [0.4, 0.5) is 0 Å². The number of hydrogen-bond donors (Lipinski definition) is 1. The maximum atomic E-state index is 8.69. The van der Waals surface area contributed by atoms with Crippen LogP contribution in [-0.2, 0) is 6.54 Å². The Bertz CT molecular complexity index is 363. The first-order chi connectivity index (χ1) is 7.88. The number of thiophene rings is 1. The van der Waals surface area contributed by atoms with Crippen molar-refractivity contribution in [3.63, 3.8) is 0 Å². The van der Waals surface area contributed by atoms with E-state index in [0.717, 1.165) is 23.9 Å². The molecule has 1 N–H and O–H groups in total. The quantitative estimate of drug-likeness (QED) is 0.758. The van der Waals surface area contributed by atoms with Crippen molar-refractivity contribution in [1.29, 1.82) is 5.26 Å². The van der Waals surface area contributed by atoms with Crippen LogP contribution in [0.1, 0.15) is 22.6 Å². The van der Waals surface area contributed by atoms with Crippen LogP contribution in [0.15, 0.2) is 12.1 Å². The van der Waals surface area contributed by atoms with Gasteiger partial charge in [-0.05, 0) is 36.6 Å². The third-order valence-electron chi connectivity index (χ3n) is 2.54. The van der Waals surface area contributed by atoms with Gasteiger partial charge in [0.05, 0.1) is 0 Å². The monoisotopic (exact) mass is 252 g/mol. The van der Waals surface area contributed by atoms with Crippen molar-refractivity contribution in [1.82, 2.24) is 5.32 Å². The summed E-state index contributed by atoms with van der Waals surface area (Å²) in [4.78, 5) is 2.06. The zero-order valence-corrected chi connectivity index (χ0v) is 10.9. The number of nitrogens with one attached hydrogen (secondary N) is 1. The van der Waals surface area contributed by atoms with Gasteiger partial charge in [-0.3, -0.25) is 0 Å². The molecule has 0 aliphatic heterocycles. The predicted molar refractivity (Wildman–Crippen MR) is 70.8 cm³/mol. The molecule has 4 heteroatoms. The zero-order valence-electron chi connectivity index (χ0n) is 9.24. The van der Waals surface area contributed by atoms with Crippen molar-refractivity contribution in [3.05, 3.63) is 21.9 Å². The van der Waals surface area contributed by atoms with Gasteiger partial charge in [-0.15, -0.1) is 11.3 Å². The maximum absolute atomic E-state index is 8.69. The molecule has 1 aromatic rings. The van der Waals surface area contributed by atoms with Crippen LogP contribution in [0.2, 0.25) is 0 Å². The van der Waals surface area contributed by atoms with E-state index < -0.39 is 0 Å². The molecule has 0 unspecified atom stereocenters. The smallest absolute Gasteiger partial charge is 0.110 e. The molecule has 2 nitrogen and oxygen atoms in total. The molecular weight excluding hydrogens is 236 g/mol. The highest BCUT2D eigenvalue weighted by atomic mass is 32.2. The molecule has 1 aliphatic rings. The second kappa shape index (κ2) is 6.29. The summed E-state index contributed by atoms with van der Waals surface area (Å²) in [6, 6.07) is 6.09. The van der Waals surface area contributed by atoms with Crippen molar-refractivity contribution in [2.45, 2.75) is 19.4 Å². The largest absolute Gasteiger partial charge is 0.311 e. The van der Waals surface area contributed by atoms with Gasteiger partial charge in [-0.25, -0.2) is 0 Å². The minimum Gasteiger partial charge on any atom is -0.311 e. The Hall–Kier alpha value is -0.500. The second-order valence-corrected chi connectivity index (χ2v) is 6.39. The third kappa shape index (κ3) is 4.17. The minimum atomic E-state index is 0.805. The molecule has 1 aromatic heterocycles. The van der Waals surface area contributed by atoms with E-state index in [9.17, 15) is 0 Å². The summed E-state index contributed by atoms with van der Waals surface area (Å²) in [6.45, 7) is 1.97. The summed E-state index contributed by atoms with van der Waals surface area (Å²) in [7, 11) is 0. The highest BCUT2D eigenvalue weighted by Gasteiger charge is 2.20. The van der Waals surface area contributed by atoms with E-state index >= 15 is 0 Å². The first-order valence-electron chi connectivity index (χ1n) is 5.66. The summed E-state index contributed by atoms with van der Waals surface area (Å²) in [5, 5.41) is 12.1. The Balaban J connectivity index is 1.51. The van der Waals surface area contributed by atoms with Gasteiger partial charge in [0.25, 0.3) is 0 Å². The average Bonchev–Trinajstić information content (AvgIpc) is 3.01. The topological polar surface area (TPSA) is 35.8 Å². The number of nitrogens with zero attached hydrogens (tertiary/aromatic N) is 1. The number of thioether (sulfide) groups is 1. The molecule has 86 valence electrons. The first-order valence-corrected chi connectivity index (χ1v) is 7.63. The van der Waals surface area contributed by atoms with Crippen molar-refractivity contribution in [2.75, 3.05) is 18.1 Å². The highest BCUT2D eigenvalue weighted by Crippen LogP contribution is 2.32. The summed E-state index contributed by atoms with van der Waals surface area (Å²) in [5.74, 6) is 3.58. The van der Waals surface area contributed by atoms with Crippen molar-refractivity contribution in [3.8, 4) is 6.07 Å². The van der Waals surface area contributed by atoms with E-state index in [-0.39, 0.29) is 0 Å². The van der Waals surface area contributed by atoms with Gasteiger partial charge < -0.3 is 5.32 Å². The van der Waals surface area contributed by atoms with Crippen LogP contribution in [0.25, 0.3) is 0 Å². The van der Waals surface area contributed by atoms with Gasteiger partial charge in [0.15, 0.2) is 0 Å². The van der Waals surface area contributed by atoms with Gasteiger partial charge in [0.2, 0.25) is 0 Å². The molecule has 0 spiro atoms. The molecule has 0 amide bonds. The predicted octanol–water partition coefficient (Wildman–Crippen LogP) is 2.85. The molecule has 1 aliphatic carbocycles. The molecule has 0 aromatic carbocycles. The average molecular weight is 252 g/mol. The van der Waals surface area contributed by atoms with E-state index in [1.165, 1.54) is 29.2 Å². The van der Waals surface area contributed by atoms with Gasteiger partial charge in [-0.1, -0.05) is 0 Å². The molecule has 2 rings (SSSR count). The van der Waals surface area contributed by atoms with E-state index in [1.54, 1.807) is 11.3 Å². The van der Waals surface area contributed by atoms with Crippen LogP contribution in [0, 0.1) is 17.2 Å². The Kier molecular flexibility index (Phi) is 4.70. The standard InChI is InChI=1S/C12H16N2S2/c13-7-11-3-4-12(16-11)8-14-5-6-15-9-10-1-2-10/h3-4,10,14H,1-2,5-6,8-9H2. The minimum absolute atomic E-state index is 0.805. The SMILES string of the molecule is N#Cc1ccc(CNCCSCC2CC2)s1. The van der Waals surface area contributed by atoms with Crippen LogP contribution in [0.3, 0.4) is 0 Å². The molecule has 1 heterocycles. The Labute approximate surface area is 105 Å². The summed E-state index contributed by atoms with van der Waals surface area (Å²) in [5.41, 5.74) is 0. The second-order valence-electron chi connectivity index (χ2n) is 4.07. The number of hydrogen-bond acceptors (Lipinski definition) is 4. The number of nitriles is 1. The molecule has 0 radical (unpaired) electrons. The molecule has 1 saturated carbocycles. The Morgan fingerprint density at radius 2 is 2.38 bits per heavy atom. The van der Waals surface area contributed by atoms with Crippen LogP contribution in [-0.4, -0.2) is 18.1 Å². The first kappa shape index (κ1) is 12.0. The normalized spacial score (nSPS) is 14.9. The lowest BCUT2D eigenvalue weighted by Crippen LogP contribution is -2.16. The van der Waals surface area contributed by atoms with E-state index in [1.807, 2.05) is 12.1 Å². The van der Waals surface area contributed by atoms with Crippen LogP contribution < -0.4 is 5.32 Å². The van der Waals surface area contributed by atoms with Crippen LogP contribution >= 0.6 is 23.1 Å². The third-order valence-corrected chi connectivity index (χ3v) is 4.73. The lowest BCUT2D eigenvalue weighted by Gasteiger charge is -2.02. The maximum Gasteiger partial charge on any atom is 0.110 e. The van der Waals surface area contributed by atoms with E-state index in [2.05, 4.69) is 23.1 Å². The van der Waals surface area contributed by atoms with Gasteiger partial charge in [0.1, 0.15) is 10.9 Å². The van der Waals surface area contributed by atoms with Crippen molar-refractivity contribution < 1.29 is 0 Å². The fourth-order valence-electron chi connectivity index (χ4n) is 1.42.